The Labute approximate surface area is 168 Å². The summed E-state index contributed by atoms with van der Waals surface area (Å²) in [5.41, 5.74) is 2.64. The summed E-state index contributed by atoms with van der Waals surface area (Å²) in [4.78, 5) is 21.2. The molecular weight excluding hydrogens is 366 g/mol. The molecule has 0 fully saturated rings. The number of ether oxygens (including phenoxy) is 2. The van der Waals surface area contributed by atoms with Crippen molar-refractivity contribution in [1.29, 1.82) is 0 Å². The molecule has 4 aromatic rings. The molecule has 2 aromatic heterocycles. The van der Waals surface area contributed by atoms with Gasteiger partial charge in [0.2, 0.25) is 0 Å². The molecule has 6 nitrogen and oxygen atoms in total. The molecule has 0 aliphatic heterocycles. The van der Waals surface area contributed by atoms with Crippen LogP contribution in [0.25, 0.3) is 10.9 Å². The van der Waals surface area contributed by atoms with Gasteiger partial charge in [-0.2, -0.15) is 0 Å². The van der Waals surface area contributed by atoms with E-state index in [1.54, 1.807) is 43.8 Å². The first-order valence-electron chi connectivity index (χ1n) is 9.10. The third-order valence-corrected chi connectivity index (χ3v) is 4.37. The first kappa shape index (κ1) is 18.4. The van der Waals surface area contributed by atoms with Crippen molar-refractivity contribution >= 4 is 22.5 Å². The van der Waals surface area contributed by atoms with E-state index >= 15 is 0 Å². The van der Waals surface area contributed by atoms with E-state index in [2.05, 4.69) is 15.3 Å². The predicted molar refractivity (Wildman–Crippen MR) is 111 cm³/mol. The summed E-state index contributed by atoms with van der Waals surface area (Å²) < 4.78 is 11.2. The van der Waals surface area contributed by atoms with Gasteiger partial charge in [-0.1, -0.05) is 30.3 Å². The van der Waals surface area contributed by atoms with Crippen molar-refractivity contribution in [2.75, 3.05) is 12.4 Å². The first-order valence-corrected chi connectivity index (χ1v) is 9.10. The summed E-state index contributed by atoms with van der Waals surface area (Å²) in [5, 5.41) is 3.85. The highest BCUT2D eigenvalue weighted by atomic mass is 16.5. The van der Waals surface area contributed by atoms with Crippen molar-refractivity contribution in [3.05, 3.63) is 90.4 Å². The second kappa shape index (κ2) is 8.39. The Morgan fingerprint density at radius 3 is 2.72 bits per heavy atom. The van der Waals surface area contributed by atoms with Crippen molar-refractivity contribution in [1.82, 2.24) is 9.97 Å². The summed E-state index contributed by atoms with van der Waals surface area (Å²) in [6.45, 7) is 0.341. The molecule has 0 aliphatic carbocycles. The van der Waals surface area contributed by atoms with Crippen LogP contribution in [-0.2, 0) is 6.61 Å². The van der Waals surface area contributed by atoms with Gasteiger partial charge >= 0.3 is 0 Å². The second-order valence-electron chi connectivity index (χ2n) is 6.36. The van der Waals surface area contributed by atoms with E-state index in [4.69, 9.17) is 9.47 Å². The number of anilines is 1. The number of nitrogens with one attached hydrogen (secondary N) is 1. The molecule has 6 heteroatoms. The van der Waals surface area contributed by atoms with E-state index in [1.165, 1.54) is 0 Å². The Morgan fingerprint density at radius 2 is 1.90 bits per heavy atom. The smallest absolute Gasteiger partial charge is 0.274 e. The molecule has 0 unspecified atom stereocenters. The van der Waals surface area contributed by atoms with Gasteiger partial charge in [0.1, 0.15) is 12.3 Å². The van der Waals surface area contributed by atoms with Crippen LogP contribution in [0.1, 0.15) is 16.1 Å². The number of hydrogen-bond donors (Lipinski definition) is 1. The summed E-state index contributed by atoms with van der Waals surface area (Å²) in [5.74, 6) is 0.815. The van der Waals surface area contributed by atoms with Crippen LogP contribution >= 0.6 is 0 Å². The lowest BCUT2D eigenvalue weighted by Crippen LogP contribution is -2.13. The Hall–Kier alpha value is -3.93. The summed E-state index contributed by atoms with van der Waals surface area (Å²) in [6.07, 6.45) is 3.45. The minimum absolute atomic E-state index is 0.292. The van der Waals surface area contributed by atoms with Gasteiger partial charge in [0.05, 0.1) is 12.6 Å². The van der Waals surface area contributed by atoms with E-state index in [-0.39, 0.29) is 5.91 Å². The zero-order valence-electron chi connectivity index (χ0n) is 15.8. The fraction of sp³-hybridized carbons (Fsp3) is 0.0870. The highest BCUT2D eigenvalue weighted by molar-refractivity contribution is 6.04. The Balaban J connectivity index is 1.52. The number of para-hydroxylation sites is 1. The first-order chi connectivity index (χ1) is 14.2. The minimum atomic E-state index is -0.292. The third kappa shape index (κ3) is 4.32. The SMILES string of the molecule is COc1ccc(NC(=O)c2ccc3ccccc3n2)cc1OCc1cccnc1. The summed E-state index contributed by atoms with van der Waals surface area (Å²) in [7, 11) is 1.57. The van der Waals surface area contributed by atoms with Crippen LogP contribution in [-0.4, -0.2) is 23.0 Å². The number of amides is 1. The highest BCUT2D eigenvalue weighted by Crippen LogP contribution is 2.31. The van der Waals surface area contributed by atoms with Crippen molar-refractivity contribution < 1.29 is 14.3 Å². The largest absolute Gasteiger partial charge is 0.493 e. The second-order valence-corrected chi connectivity index (χ2v) is 6.36. The maximum absolute atomic E-state index is 12.6. The number of methoxy groups -OCH3 is 1. The normalized spacial score (nSPS) is 10.5. The van der Waals surface area contributed by atoms with Gasteiger partial charge in [0.15, 0.2) is 11.5 Å². The van der Waals surface area contributed by atoms with Crippen molar-refractivity contribution in [3.63, 3.8) is 0 Å². The van der Waals surface area contributed by atoms with Crippen LogP contribution in [0.3, 0.4) is 0 Å². The van der Waals surface area contributed by atoms with Gasteiger partial charge in [-0.05, 0) is 30.3 Å². The van der Waals surface area contributed by atoms with E-state index in [0.29, 0.717) is 29.5 Å². The molecule has 1 N–H and O–H groups in total. The van der Waals surface area contributed by atoms with Gasteiger partial charge in [-0.25, -0.2) is 4.98 Å². The lowest BCUT2D eigenvalue weighted by atomic mass is 10.2. The quantitative estimate of drug-likeness (QED) is 0.530. The Kier molecular flexibility index (Phi) is 5.33. The van der Waals surface area contributed by atoms with Crippen LogP contribution in [0, 0.1) is 0 Å². The number of hydrogen-bond acceptors (Lipinski definition) is 5. The fourth-order valence-electron chi connectivity index (χ4n) is 2.90. The van der Waals surface area contributed by atoms with Crippen LogP contribution in [0.4, 0.5) is 5.69 Å². The number of carbonyl (C=O) groups is 1. The van der Waals surface area contributed by atoms with Gasteiger partial charge in [0, 0.05) is 35.1 Å². The van der Waals surface area contributed by atoms with E-state index in [0.717, 1.165) is 16.5 Å². The van der Waals surface area contributed by atoms with Crippen molar-refractivity contribution in [3.8, 4) is 11.5 Å². The number of pyridine rings is 2. The molecule has 4 rings (SSSR count). The molecule has 0 aliphatic rings. The van der Waals surface area contributed by atoms with Gasteiger partial charge in [-0.15, -0.1) is 0 Å². The molecule has 0 bridgehead atoms. The predicted octanol–water partition coefficient (Wildman–Crippen LogP) is 4.47. The molecule has 0 spiro atoms. The molecule has 0 atom stereocenters. The Morgan fingerprint density at radius 1 is 1.00 bits per heavy atom. The standard InChI is InChI=1S/C23H19N3O3/c1-28-21-11-9-18(13-22(21)29-15-16-5-4-12-24-14-16)25-23(27)20-10-8-17-6-2-3-7-19(17)26-20/h2-14H,15H2,1H3,(H,25,27). The molecule has 0 radical (unpaired) electrons. The van der Waals surface area contributed by atoms with Gasteiger partial charge < -0.3 is 14.8 Å². The lowest BCUT2D eigenvalue weighted by Gasteiger charge is -2.13. The summed E-state index contributed by atoms with van der Waals surface area (Å²) in [6, 6.07) is 20.3. The van der Waals surface area contributed by atoms with Gasteiger partial charge in [-0.3, -0.25) is 9.78 Å². The highest BCUT2D eigenvalue weighted by Gasteiger charge is 2.12. The monoisotopic (exact) mass is 385 g/mol. The van der Waals surface area contributed by atoms with E-state index < -0.39 is 0 Å². The van der Waals surface area contributed by atoms with Crippen LogP contribution in [0.2, 0.25) is 0 Å². The average Bonchev–Trinajstić information content (AvgIpc) is 2.78. The molecular formula is C23H19N3O3. The zero-order chi connectivity index (χ0) is 20.1. The maximum atomic E-state index is 12.6. The number of benzene rings is 2. The summed E-state index contributed by atoms with van der Waals surface area (Å²) >= 11 is 0. The van der Waals surface area contributed by atoms with E-state index in [9.17, 15) is 4.79 Å². The molecule has 29 heavy (non-hydrogen) atoms. The number of nitrogens with zero attached hydrogens (tertiary/aromatic N) is 2. The van der Waals surface area contributed by atoms with Crippen LogP contribution < -0.4 is 14.8 Å². The average molecular weight is 385 g/mol. The molecule has 0 saturated carbocycles. The molecule has 0 saturated heterocycles. The third-order valence-electron chi connectivity index (χ3n) is 4.37. The molecule has 2 aromatic carbocycles. The van der Waals surface area contributed by atoms with E-state index in [1.807, 2.05) is 42.5 Å². The maximum Gasteiger partial charge on any atom is 0.274 e. The number of rotatable bonds is 6. The molecule has 1 amide bonds. The Bertz CT molecular complexity index is 1150. The molecule has 144 valence electrons. The van der Waals surface area contributed by atoms with Crippen LogP contribution in [0.5, 0.6) is 11.5 Å². The van der Waals surface area contributed by atoms with Crippen molar-refractivity contribution in [2.24, 2.45) is 0 Å². The van der Waals surface area contributed by atoms with Crippen molar-refractivity contribution in [2.45, 2.75) is 6.61 Å². The van der Waals surface area contributed by atoms with Gasteiger partial charge in [0.25, 0.3) is 5.91 Å². The zero-order valence-corrected chi connectivity index (χ0v) is 15.8. The number of fused-ring (bicyclic) bond motifs is 1. The van der Waals surface area contributed by atoms with Crippen LogP contribution in [0.15, 0.2) is 79.1 Å². The topological polar surface area (TPSA) is 73.3 Å². The minimum Gasteiger partial charge on any atom is -0.493 e. The number of carbonyl (C=O) groups excluding carboxylic acids is 1. The fourth-order valence-corrected chi connectivity index (χ4v) is 2.90. The lowest BCUT2D eigenvalue weighted by molar-refractivity contribution is 0.102. The number of aromatic nitrogens is 2. The molecule has 2 heterocycles.